The van der Waals surface area contributed by atoms with Gasteiger partial charge >= 0.3 is 5.97 Å². The van der Waals surface area contributed by atoms with Gasteiger partial charge in [0.05, 0.1) is 13.2 Å². The largest absolute Gasteiger partial charge is 0.458 e. The van der Waals surface area contributed by atoms with Gasteiger partial charge in [-0.1, -0.05) is 6.07 Å². The number of anilines is 1. The van der Waals surface area contributed by atoms with Crippen LogP contribution in [0, 0.1) is 0 Å². The van der Waals surface area contributed by atoms with Crippen LogP contribution in [0.2, 0.25) is 0 Å². The van der Waals surface area contributed by atoms with Crippen LogP contribution in [0.4, 0.5) is 5.69 Å². The van der Waals surface area contributed by atoms with Gasteiger partial charge in [0.2, 0.25) is 5.91 Å². The van der Waals surface area contributed by atoms with E-state index in [9.17, 15) is 24.3 Å². The molecule has 1 aromatic rings. The predicted octanol–water partition coefficient (Wildman–Crippen LogP) is 0.815. The highest BCUT2D eigenvalue weighted by Gasteiger charge is 2.41. The molecule has 1 N–H and O–H groups in total. The Hall–Kier alpha value is -2.98. The van der Waals surface area contributed by atoms with Crippen LogP contribution in [0.25, 0.3) is 0 Å². The van der Waals surface area contributed by atoms with E-state index >= 15 is 0 Å². The van der Waals surface area contributed by atoms with Gasteiger partial charge in [-0.05, 0) is 51.8 Å². The maximum absolute atomic E-state index is 13.0. The Kier molecular flexibility index (Phi) is 7.93. The Labute approximate surface area is 199 Å². The monoisotopic (exact) mass is 475 g/mol. The van der Waals surface area contributed by atoms with Gasteiger partial charge in [-0.15, -0.1) is 0 Å². The predicted molar refractivity (Wildman–Crippen MR) is 123 cm³/mol. The van der Waals surface area contributed by atoms with Crippen molar-refractivity contribution < 1.29 is 33.8 Å². The maximum atomic E-state index is 13.0. The SMILES string of the molecule is CN(CC(=O)N1CCCC1)C(=O)c1cccc(N2CCOC(C(O)C(=O)OC(C)(C)C)C2=O)c1. The molecule has 0 saturated carbocycles. The summed E-state index contributed by atoms with van der Waals surface area (Å²) >= 11 is 0. The molecule has 2 saturated heterocycles. The number of nitrogens with zero attached hydrogens (tertiary/aromatic N) is 3. The summed E-state index contributed by atoms with van der Waals surface area (Å²) in [5, 5.41) is 10.4. The Balaban J connectivity index is 1.70. The zero-order valence-electron chi connectivity index (χ0n) is 20.2. The van der Waals surface area contributed by atoms with Gasteiger partial charge in [0.15, 0.2) is 12.2 Å². The van der Waals surface area contributed by atoms with Gasteiger partial charge in [0.1, 0.15) is 5.60 Å². The number of morpholine rings is 1. The Bertz CT molecular complexity index is 937. The lowest BCUT2D eigenvalue weighted by Gasteiger charge is -2.34. The molecule has 0 aromatic heterocycles. The van der Waals surface area contributed by atoms with Crippen molar-refractivity contribution in [1.29, 1.82) is 0 Å². The van der Waals surface area contributed by atoms with Crippen LogP contribution < -0.4 is 4.90 Å². The molecule has 34 heavy (non-hydrogen) atoms. The van der Waals surface area contributed by atoms with E-state index in [1.165, 1.54) is 9.80 Å². The summed E-state index contributed by atoms with van der Waals surface area (Å²) in [7, 11) is 1.57. The number of ether oxygens (including phenoxy) is 2. The van der Waals surface area contributed by atoms with Crippen LogP contribution >= 0.6 is 0 Å². The lowest BCUT2D eigenvalue weighted by molar-refractivity contribution is -0.177. The molecule has 3 rings (SSSR count). The molecule has 2 aliphatic heterocycles. The first-order valence-electron chi connectivity index (χ1n) is 11.4. The molecule has 3 amide bonds. The van der Waals surface area contributed by atoms with E-state index in [0.717, 1.165) is 12.8 Å². The fourth-order valence-corrected chi connectivity index (χ4v) is 3.94. The number of aliphatic hydroxyl groups is 1. The van der Waals surface area contributed by atoms with Crippen molar-refractivity contribution in [3.63, 3.8) is 0 Å². The van der Waals surface area contributed by atoms with E-state index < -0.39 is 29.7 Å². The number of rotatable bonds is 6. The van der Waals surface area contributed by atoms with Crippen LogP contribution in [0.3, 0.4) is 0 Å². The second-order valence-electron chi connectivity index (χ2n) is 9.56. The number of hydrogen-bond donors (Lipinski definition) is 1. The van der Waals surface area contributed by atoms with E-state index in [-0.39, 0.29) is 31.5 Å². The number of esters is 1. The van der Waals surface area contributed by atoms with E-state index in [1.807, 2.05) is 0 Å². The summed E-state index contributed by atoms with van der Waals surface area (Å²) in [6, 6.07) is 6.47. The van der Waals surface area contributed by atoms with Gasteiger partial charge in [0.25, 0.3) is 11.8 Å². The summed E-state index contributed by atoms with van der Waals surface area (Å²) in [6.07, 6.45) is -1.24. The molecule has 1 aromatic carbocycles. The second-order valence-corrected chi connectivity index (χ2v) is 9.56. The van der Waals surface area contributed by atoms with Crippen molar-refractivity contribution in [3.8, 4) is 0 Å². The van der Waals surface area contributed by atoms with Gasteiger partial charge in [-0.2, -0.15) is 0 Å². The molecule has 2 unspecified atom stereocenters. The molecule has 10 heteroatoms. The quantitative estimate of drug-likeness (QED) is 0.606. The normalized spacial score (nSPS) is 19.7. The van der Waals surface area contributed by atoms with Crippen LogP contribution in [0.15, 0.2) is 24.3 Å². The number of likely N-dealkylation sites (tertiary alicyclic amines) is 1. The Morgan fingerprint density at radius 3 is 2.53 bits per heavy atom. The molecule has 0 aliphatic carbocycles. The average Bonchev–Trinajstić information content (AvgIpc) is 3.32. The first-order valence-corrected chi connectivity index (χ1v) is 11.4. The molecule has 2 aliphatic rings. The number of amides is 3. The number of benzene rings is 1. The Morgan fingerprint density at radius 2 is 1.88 bits per heavy atom. The van der Waals surface area contributed by atoms with Gasteiger partial charge in [-0.3, -0.25) is 14.4 Å². The molecule has 2 atom stereocenters. The van der Waals surface area contributed by atoms with E-state index in [2.05, 4.69) is 0 Å². The zero-order valence-corrected chi connectivity index (χ0v) is 20.2. The minimum atomic E-state index is -1.78. The molecular formula is C24H33N3O7. The lowest BCUT2D eigenvalue weighted by atomic mass is 10.1. The van der Waals surface area contributed by atoms with Gasteiger partial charge in [-0.25, -0.2) is 4.79 Å². The van der Waals surface area contributed by atoms with Crippen LogP contribution in [0.1, 0.15) is 44.0 Å². The van der Waals surface area contributed by atoms with Crippen molar-refractivity contribution in [2.45, 2.75) is 51.4 Å². The average molecular weight is 476 g/mol. The summed E-state index contributed by atoms with van der Waals surface area (Å²) < 4.78 is 10.6. The molecule has 10 nitrogen and oxygen atoms in total. The molecule has 2 heterocycles. The first-order chi connectivity index (χ1) is 16.0. The standard InChI is InChI=1S/C24H33N3O7/c1-24(2,3)34-23(32)19(29)20-22(31)27(12-13-33-20)17-9-7-8-16(14-17)21(30)25(4)15-18(28)26-10-5-6-11-26/h7-9,14,19-20,29H,5-6,10-13,15H2,1-4H3. The van der Waals surface area contributed by atoms with E-state index in [1.54, 1.807) is 57.0 Å². The van der Waals surface area contributed by atoms with Gasteiger partial charge < -0.3 is 29.3 Å². The number of carbonyl (C=O) groups excluding carboxylic acids is 4. The van der Waals surface area contributed by atoms with Crippen molar-refractivity contribution in [2.75, 3.05) is 44.7 Å². The van der Waals surface area contributed by atoms with Crippen LogP contribution in [-0.4, -0.2) is 96.2 Å². The summed E-state index contributed by atoms with van der Waals surface area (Å²) in [4.78, 5) is 55.1. The Morgan fingerprint density at radius 1 is 1.21 bits per heavy atom. The first kappa shape index (κ1) is 25.6. The minimum absolute atomic E-state index is 0.0241. The van der Waals surface area contributed by atoms with Gasteiger partial charge in [0, 0.05) is 37.9 Å². The number of aliphatic hydroxyl groups excluding tert-OH is 1. The second kappa shape index (κ2) is 10.5. The molecular weight excluding hydrogens is 442 g/mol. The summed E-state index contributed by atoms with van der Waals surface area (Å²) in [6.45, 7) is 6.67. The van der Waals surface area contributed by atoms with E-state index in [0.29, 0.717) is 24.3 Å². The highest BCUT2D eigenvalue weighted by molar-refractivity contribution is 6.02. The van der Waals surface area contributed by atoms with Crippen molar-refractivity contribution >= 4 is 29.4 Å². The molecule has 0 spiro atoms. The third-order valence-corrected chi connectivity index (χ3v) is 5.64. The molecule has 2 fully saturated rings. The van der Waals surface area contributed by atoms with Crippen LogP contribution in [-0.2, 0) is 23.9 Å². The number of hydrogen-bond acceptors (Lipinski definition) is 7. The van der Waals surface area contributed by atoms with Crippen molar-refractivity contribution in [3.05, 3.63) is 29.8 Å². The van der Waals surface area contributed by atoms with E-state index in [4.69, 9.17) is 9.47 Å². The molecule has 0 radical (unpaired) electrons. The number of carbonyl (C=O) groups is 4. The van der Waals surface area contributed by atoms with Crippen LogP contribution in [0.5, 0.6) is 0 Å². The third-order valence-electron chi connectivity index (χ3n) is 5.64. The fourth-order valence-electron chi connectivity index (χ4n) is 3.94. The lowest BCUT2D eigenvalue weighted by Crippen LogP contribution is -2.55. The molecule has 186 valence electrons. The fraction of sp³-hybridized carbons (Fsp3) is 0.583. The summed E-state index contributed by atoms with van der Waals surface area (Å²) in [5.41, 5.74) is -0.0793. The maximum Gasteiger partial charge on any atom is 0.338 e. The van der Waals surface area contributed by atoms with Crippen molar-refractivity contribution in [2.24, 2.45) is 0 Å². The zero-order chi connectivity index (χ0) is 25.0. The highest BCUT2D eigenvalue weighted by Crippen LogP contribution is 2.23. The smallest absolute Gasteiger partial charge is 0.338 e. The minimum Gasteiger partial charge on any atom is -0.458 e. The third kappa shape index (κ3) is 6.12. The molecule has 0 bridgehead atoms. The summed E-state index contributed by atoms with van der Waals surface area (Å²) in [5.74, 6) is -1.99. The number of likely N-dealkylation sites (N-methyl/N-ethyl adjacent to an activating group) is 1. The van der Waals surface area contributed by atoms with Crippen molar-refractivity contribution in [1.82, 2.24) is 9.80 Å². The topological polar surface area (TPSA) is 117 Å². The highest BCUT2D eigenvalue weighted by atomic mass is 16.6.